The molecule has 0 saturated heterocycles. The van der Waals surface area contributed by atoms with E-state index in [2.05, 4.69) is 20.8 Å². The van der Waals surface area contributed by atoms with Crippen LogP contribution >= 0.6 is 0 Å². The molecule has 2 nitrogen and oxygen atoms in total. The van der Waals surface area contributed by atoms with Crippen LogP contribution in [0.5, 0.6) is 0 Å². The monoisotopic (exact) mass is 165 g/mol. The predicted molar refractivity (Wildman–Crippen MR) is 49.3 cm³/mol. The Morgan fingerprint density at radius 1 is 1.50 bits per heavy atom. The molecule has 1 rings (SSSR count). The van der Waals surface area contributed by atoms with E-state index < -0.39 is 0 Å². The Kier molecular flexibility index (Phi) is 2.36. The fourth-order valence-electron chi connectivity index (χ4n) is 1.19. The van der Waals surface area contributed by atoms with Gasteiger partial charge in [0.1, 0.15) is 0 Å². The van der Waals surface area contributed by atoms with Crippen LogP contribution in [0.4, 0.5) is 0 Å². The number of carbonyl (C=O) groups excluding carboxylic acids is 1. The first-order valence-electron chi connectivity index (χ1n) is 4.13. The lowest BCUT2D eigenvalue weighted by molar-refractivity contribution is 0.111. The van der Waals surface area contributed by atoms with Crippen LogP contribution in [0, 0.1) is 5.41 Å². The maximum absolute atomic E-state index is 10.6. The van der Waals surface area contributed by atoms with E-state index in [-0.39, 0.29) is 5.41 Å². The van der Waals surface area contributed by atoms with E-state index in [1.54, 1.807) is 0 Å². The summed E-state index contributed by atoms with van der Waals surface area (Å²) >= 11 is 0. The molecule has 0 bridgehead atoms. The summed E-state index contributed by atoms with van der Waals surface area (Å²) in [4.78, 5) is 10.6. The van der Waals surface area contributed by atoms with Crippen LogP contribution in [0.3, 0.4) is 0 Å². The Balaban J connectivity index is 2.81. The molecule has 1 heterocycles. The number of aromatic nitrogens is 1. The number of carbonyl (C=O) groups is 1. The van der Waals surface area contributed by atoms with E-state index >= 15 is 0 Å². The van der Waals surface area contributed by atoms with Gasteiger partial charge in [-0.15, -0.1) is 0 Å². The van der Waals surface area contributed by atoms with Crippen molar-refractivity contribution in [3.05, 3.63) is 24.0 Å². The van der Waals surface area contributed by atoms with E-state index in [9.17, 15) is 4.79 Å². The second-order valence-electron chi connectivity index (χ2n) is 4.24. The van der Waals surface area contributed by atoms with Crippen molar-refractivity contribution in [2.24, 2.45) is 5.41 Å². The maximum atomic E-state index is 10.6. The van der Waals surface area contributed by atoms with Crippen LogP contribution in [-0.2, 0) is 6.54 Å². The minimum absolute atomic E-state index is 0.219. The normalized spacial score (nSPS) is 11.6. The Morgan fingerprint density at radius 3 is 2.67 bits per heavy atom. The van der Waals surface area contributed by atoms with E-state index in [1.165, 1.54) is 0 Å². The van der Waals surface area contributed by atoms with Gasteiger partial charge in [-0.2, -0.15) is 0 Å². The first kappa shape index (κ1) is 9.04. The Hall–Kier alpha value is -1.05. The molecule has 0 aromatic carbocycles. The van der Waals surface area contributed by atoms with Gasteiger partial charge in [0.15, 0.2) is 6.29 Å². The lowest BCUT2D eigenvalue weighted by Crippen LogP contribution is -2.16. The van der Waals surface area contributed by atoms with Crippen molar-refractivity contribution in [3.8, 4) is 0 Å². The zero-order chi connectivity index (χ0) is 9.19. The molecule has 66 valence electrons. The molecular weight excluding hydrogens is 150 g/mol. The summed E-state index contributed by atoms with van der Waals surface area (Å²) in [5.74, 6) is 0. The molecule has 0 aliphatic rings. The number of hydrogen-bond acceptors (Lipinski definition) is 1. The van der Waals surface area contributed by atoms with E-state index in [1.807, 2.05) is 22.9 Å². The van der Waals surface area contributed by atoms with Crippen LogP contribution in [0.25, 0.3) is 0 Å². The van der Waals surface area contributed by atoms with Crippen molar-refractivity contribution < 1.29 is 4.79 Å². The number of rotatable bonds is 2. The third-order valence-electron chi connectivity index (χ3n) is 1.63. The van der Waals surface area contributed by atoms with Crippen LogP contribution < -0.4 is 0 Å². The van der Waals surface area contributed by atoms with E-state index in [0.29, 0.717) is 0 Å². The van der Waals surface area contributed by atoms with Gasteiger partial charge in [0.25, 0.3) is 0 Å². The van der Waals surface area contributed by atoms with Crippen LogP contribution in [0.1, 0.15) is 31.3 Å². The maximum Gasteiger partial charge on any atom is 0.166 e. The Bertz CT molecular complexity index is 268. The zero-order valence-electron chi connectivity index (χ0n) is 7.87. The van der Waals surface area contributed by atoms with Crippen molar-refractivity contribution in [3.63, 3.8) is 0 Å². The van der Waals surface area contributed by atoms with Crippen LogP contribution in [-0.4, -0.2) is 10.9 Å². The van der Waals surface area contributed by atoms with Gasteiger partial charge in [-0.05, 0) is 17.5 Å². The Labute approximate surface area is 73.2 Å². The van der Waals surface area contributed by atoms with Crippen LogP contribution in [0.15, 0.2) is 18.3 Å². The molecule has 0 amide bonds. The fourth-order valence-corrected chi connectivity index (χ4v) is 1.19. The highest BCUT2D eigenvalue weighted by atomic mass is 16.1. The SMILES string of the molecule is CC(C)(C)Cn1cccc1C=O. The average molecular weight is 165 g/mol. The molecule has 0 aliphatic heterocycles. The van der Waals surface area contributed by atoms with Gasteiger partial charge in [-0.3, -0.25) is 4.79 Å². The van der Waals surface area contributed by atoms with Crippen molar-refractivity contribution in [1.29, 1.82) is 0 Å². The summed E-state index contributed by atoms with van der Waals surface area (Å²) in [5, 5.41) is 0. The summed E-state index contributed by atoms with van der Waals surface area (Å²) in [6.07, 6.45) is 2.83. The van der Waals surface area contributed by atoms with Crippen LogP contribution in [0.2, 0.25) is 0 Å². The molecular formula is C10H15NO. The minimum Gasteiger partial charge on any atom is -0.345 e. The number of aldehydes is 1. The standard InChI is InChI=1S/C10H15NO/c1-10(2,3)8-11-6-4-5-9(11)7-12/h4-7H,8H2,1-3H3. The first-order chi connectivity index (χ1) is 5.53. The molecule has 0 spiro atoms. The van der Waals surface area contributed by atoms with Crippen molar-refractivity contribution in [2.75, 3.05) is 0 Å². The summed E-state index contributed by atoms with van der Waals surface area (Å²) in [7, 11) is 0. The highest BCUT2D eigenvalue weighted by molar-refractivity contribution is 5.72. The molecule has 0 fully saturated rings. The molecule has 1 aromatic rings. The Morgan fingerprint density at radius 2 is 2.17 bits per heavy atom. The van der Waals surface area contributed by atoms with Gasteiger partial charge >= 0.3 is 0 Å². The van der Waals surface area contributed by atoms with Gasteiger partial charge < -0.3 is 4.57 Å². The summed E-state index contributed by atoms with van der Waals surface area (Å²) in [5.41, 5.74) is 0.974. The molecule has 0 saturated carbocycles. The lowest BCUT2D eigenvalue weighted by Gasteiger charge is -2.19. The smallest absolute Gasteiger partial charge is 0.166 e. The largest absolute Gasteiger partial charge is 0.345 e. The fraction of sp³-hybridized carbons (Fsp3) is 0.500. The lowest BCUT2D eigenvalue weighted by atomic mass is 9.97. The molecule has 2 heteroatoms. The van der Waals surface area contributed by atoms with Crippen molar-refractivity contribution in [2.45, 2.75) is 27.3 Å². The van der Waals surface area contributed by atoms with Gasteiger partial charge in [0.2, 0.25) is 0 Å². The quantitative estimate of drug-likeness (QED) is 0.616. The molecule has 0 radical (unpaired) electrons. The van der Waals surface area contributed by atoms with Crippen molar-refractivity contribution >= 4 is 6.29 Å². The summed E-state index contributed by atoms with van der Waals surface area (Å²) in [6, 6.07) is 3.73. The first-order valence-corrected chi connectivity index (χ1v) is 4.13. The van der Waals surface area contributed by atoms with Gasteiger partial charge in [0, 0.05) is 12.7 Å². The highest BCUT2D eigenvalue weighted by Gasteiger charge is 2.12. The second kappa shape index (κ2) is 3.13. The second-order valence-corrected chi connectivity index (χ2v) is 4.24. The minimum atomic E-state index is 0.219. The van der Waals surface area contributed by atoms with Gasteiger partial charge in [-0.1, -0.05) is 20.8 Å². The third-order valence-corrected chi connectivity index (χ3v) is 1.63. The predicted octanol–water partition coefficient (Wildman–Crippen LogP) is 2.35. The molecule has 0 atom stereocenters. The molecule has 12 heavy (non-hydrogen) atoms. The highest BCUT2D eigenvalue weighted by Crippen LogP contribution is 2.17. The third kappa shape index (κ3) is 2.22. The van der Waals surface area contributed by atoms with E-state index in [4.69, 9.17) is 0 Å². The zero-order valence-corrected chi connectivity index (χ0v) is 7.87. The summed E-state index contributed by atoms with van der Waals surface area (Å²) < 4.78 is 1.98. The molecule has 0 aliphatic carbocycles. The average Bonchev–Trinajstić information content (AvgIpc) is 2.31. The number of nitrogens with zero attached hydrogens (tertiary/aromatic N) is 1. The molecule has 0 unspecified atom stereocenters. The summed E-state index contributed by atoms with van der Waals surface area (Å²) in [6.45, 7) is 7.35. The van der Waals surface area contributed by atoms with E-state index in [0.717, 1.165) is 18.5 Å². The van der Waals surface area contributed by atoms with Gasteiger partial charge in [-0.25, -0.2) is 0 Å². The topological polar surface area (TPSA) is 22.0 Å². The molecule has 1 aromatic heterocycles. The van der Waals surface area contributed by atoms with Gasteiger partial charge in [0.05, 0.1) is 5.69 Å². The van der Waals surface area contributed by atoms with Crippen molar-refractivity contribution in [1.82, 2.24) is 4.57 Å². The number of hydrogen-bond donors (Lipinski definition) is 0. The molecule has 0 N–H and O–H groups in total.